The van der Waals surface area contributed by atoms with Crippen LogP contribution in [-0.2, 0) is 10.0 Å². The zero-order chi connectivity index (χ0) is 14.4. The standard InChI is InChI=1S/C11H16N4O3S2/c1-20(17,18)15-7-4-11(15)2-5-14(6-3-11)10(16)9-8-19-13-12-9/h8H,2-7H2,1H3. The van der Waals surface area contributed by atoms with Crippen LogP contribution in [0.5, 0.6) is 0 Å². The van der Waals surface area contributed by atoms with E-state index in [1.54, 1.807) is 14.6 Å². The molecule has 0 N–H and O–H groups in total. The summed E-state index contributed by atoms with van der Waals surface area (Å²) in [5.41, 5.74) is 0.115. The smallest absolute Gasteiger partial charge is 0.275 e. The number of hydrogen-bond acceptors (Lipinski definition) is 6. The normalized spacial score (nSPS) is 22.8. The van der Waals surface area contributed by atoms with Crippen molar-refractivity contribution in [3.8, 4) is 0 Å². The van der Waals surface area contributed by atoms with E-state index in [1.807, 2.05) is 0 Å². The lowest BCUT2D eigenvalue weighted by Gasteiger charge is -2.54. The highest BCUT2D eigenvalue weighted by atomic mass is 32.2. The van der Waals surface area contributed by atoms with E-state index in [1.165, 1.54) is 6.26 Å². The van der Waals surface area contributed by atoms with Gasteiger partial charge in [0.1, 0.15) is 0 Å². The lowest BCUT2D eigenvalue weighted by Crippen LogP contribution is -2.65. The minimum Gasteiger partial charge on any atom is -0.337 e. The number of amides is 1. The molecule has 0 aliphatic carbocycles. The Balaban J connectivity index is 1.67. The van der Waals surface area contributed by atoms with E-state index >= 15 is 0 Å². The molecule has 110 valence electrons. The summed E-state index contributed by atoms with van der Waals surface area (Å²) >= 11 is 1.15. The molecule has 3 rings (SSSR count). The van der Waals surface area contributed by atoms with Gasteiger partial charge in [-0.05, 0) is 30.8 Å². The summed E-state index contributed by atoms with van der Waals surface area (Å²) in [6.07, 6.45) is 3.54. The van der Waals surface area contributed by atoms with E-state index in [-0.39, 0.29) is 11.4 Å². The Morgan fingerprint density at radius 3 is 2.40 bits per heavy atom. The summed E-state index contributed by atoms with van der Waals surface area (Å²) in [5.74, 6) is -0.112. The van der Waals surface area contributed by atoms with Gasteiger partial charge < -0.3 is 4.90 Å². The molecule has 0 radical (unpaired) electrons. The molecule has 0 aromatic carbocycles. The molecule has 2 saturated heterocycles. The molecule has 2 aliphatic heterocycles. The Kier molecular flexibility index (Phi) is 3.30. The molecule has 2 fully saturated rings. The lowest BCUT2D eigenvalue weighted by molar-refractivity contribution is 0.00677. The molecule has 7 nitrogen and oxygen atoms in total. The topological polar surface area (TPSA) is 83.5 Å². The fourth-order valence-electron chi connectivity index (χ4n) is 3.08. The van der Waals surface area contributed by atoms with Gasteiger partial charge in [-0.3, -0.25) is 4.79 Å². The Morgan fingerprint density at radius 2 is 1.95 bits per heavy atom. The minimum atomic E-state index is -3.15. The molecule has 0 saturated carbocycles. The number of likely N-dealkylation sites (tertiary alicyclic amines) is 1. The molecule has 1 aromatic rings. The van der Waals surface area contributed by atoms with Gasteiger partial charge in [-0.2, -0.15) is 4.31 Å². The zero-order valence-electron chi connectivity index (χ0n) is 11.2. The van der Waals surface area contributed by atoms with Crippen LogP contribution in [0.1, 0.15) is 29.8 Å². The van der Waals surface area contributed by atoms with Crippen molar-refractivity contribution in [3.63, 3.8) is 0 Å². The summed E-state index contributed by atoms with van der Waals surface area (Å²) in [7, 11) is -3.15. The predicted molar refractivity (Wildman–Crippen MR) is 73.9 cm³/mol. The first-order valence-corrected chi connectivity index (χ1v) is 9.15. The second-order valence-electron chi connectivity index (χ2n) is 5.39. The molecule has 1 spiro atoms. The first-order valence-electron chi connectivity index (χ1n) is 6.47. The highest BCUT2D eigenvalue weighted by molar-refractivity contribution is 7.88. The average Bonchev–Trinajstić information content (AvgIpc) is 2.88. The van der Waals surface area contributed by atoms with Crippen LogP contribution in [0.25, 0.3) is 0 Å². The molecule has 1 amide bonds. The summed E-state index contributed by atoms with van der Waals surface area (Å²) in [4.78, 5) is 13.9. The van der Waals surface area contributed by atoms with Crippen LogP contribution in [0.2, 0.25) is 0 Å². The minimum absolute atomic E-state index is 0.112. The molecule has 2 aliphatic rings. The predicted octanol–water partition coefficient (Wildman–Crippen LogP) is 0.178. The van der Waals surface area contributed by atoms with Crippen molar-refractivity contribution in [3.05, 3.63) is 11.1 Å². The second kappa shape index (κ2) is 4.74. The van der Waals surface area contributed by atoms with Crippen molar-refractivity contribution in [1.29, 1.82) is 0 Å². The van der Waals surface area contributed by atoms with Gasteiger partial charge in [0.2, 0.25) is 10.0 Å². The SMILES string of the molecule is CS(=O)(=O)N1CCC12CCN(C(=O)c1csnn1)CC2. The maximum absolute atomic E-state index is 12.2. The third-order valence-electron chi connectivity index (χ3n) is 4.27. The zero-order valence-corrected chi connectivity index (χ0v) is 12.8. The van der Waals surface area contributed by atoms with E-state index in [2.05, 4.69) is 9.59 Å². The van der Waals surface area contributed by atoms with Gasteiger partial charge in [-0.25, -0.2) is 8.42 Å². The van der Waals surface area contributed by atoms with Gasteiger partial charge in [0.15, 0.2) is 5.69 Å². The van der Waals surface area contributed by atoms with Crippen molar-refractivity contribution in [1.82, 2.24) is 18.8 Å². The molecular weight excluding hydrogens is 300 g/mol. The van der Waals surface area contributed by atoms with Crippen LogP contribution in [0.15, 0.2) is 5.38 Å². The fourth-order valence-corrected chi connectivity index (χ4v) is 4.91. The maximum Gasteiger partial charge on any atom is 0.275 e. The molecule has 0 bridgehead atoms. The Bertz CT molecular complexity index is 606. The van der Waals surface area contributed by atoms with Crippen molar-refractivity contribution < 1.29 is 13.2 Å². The number of sulfonamides is 1. The van der Waals surface area contributed by atoms with Gasteiger partial charge in [0, 0.05) is 30.6 Å². The number of hydrogen-bond donors (Lipinski definition) is 0. The third kappa shape index (κ3) is 2.23. The van der Waals surface area contributed by atoms with E-state index in [0.29, 0.717) is 38.2 Å². The number of rotatable bonds is 2. The summed E-state index contributed by atoms with van der Waals surface area (Å²) in [6, 6.07) is 0. The van der Waals surface area contributed by atoms with E-state index < -0.39 is 10.0 Å². The first-order chi connectivity index (χ1) is 9.42. The number of carbonyl (C=O) groups is 1. The number of aromatic nitrogens is 2. The van der Waals surface area contributed by atoms with Crippen LogP contribution >= 0.6 is 11.5 Å². The van der Waals surface area contributed by atoms with Crippen molar-refractivity contribution >= 4 is 27.5 Å². The molecule has 20 heavy (non-hydrogen) atoms. The van der Waals surface area contributed by atoms with E-state index in [0.717, 1.165) is 18.0 Å². The van der Waals surface area contributed by atoms with Crippen molar-refractivity contribution in [2.45, 2.75) is 24.8 Å². The number of nitrogens with zero attached hydrogens (tertiary/aromatic N) is 4. The quantitative estimate of drug-likeness (QED) is 0.777. The fraction of sp³-hybridized carbons (Fsp3) is 0.727. The van der Waals surface area contributed by atoms with Gasteiger partial charge in [-0.1, -0.05) is 4.49 Å². The van der Waals surface area contributed by atoms with Crippen LogP contribution < -0.4 is 0 Å². The van der Waals surface area contributed by atoms with Crippen molar-refractivity contribution in [2.75, 3.05) is 25.9 Å². The summed E-state index contributed by atoms with van der Waals surface area (Å²) in [6.45, 7) is 1.74. The van der Waals surface area contributed by atoms with Gasteiger partial charge >= 0.3 is 0 Å². The van der Waals surface area contributed by atoms with Crippen LogP contribution in [0.3, 0.4) is 0 Å². The van der Waals surface area contributed by atoms with Crippen LogP contribution in [0, 0.1) is 0 Å². The molecule has 9 heteroatoms. The van der Waals surface area contributed by atoms with Crippen LogP contribution in [-0.4, -0.2) is 64.5 Å². The Morgan fingerprint density at radius 1 is 1.30 bits per heavy atom. The number of carbonyl (C=O) groups excluding carboxylic acids is 1. The van der Waals surface area contributed by atoms with Gasteiger partial charge in [0.05, 0.1) is 6.26 Å². The second-order valence-corrected chi connectivity index (χ2v) is 7.91. The Hall–Kier alpha value is -1.06. The number of piperidine rings is 1. The van der Waals surface area contributed by atoms with E-state index in [4.69, 9.17) is 0 Å². The third-order valence-corrected chi connectivity index (χ3v) is 6.15. The Labute approximate surface area is 121 Å². The lowest BCUT2D eigenvalue weighted by atomic mass is 9.79. The first kappa shape index (κ1) is 13.9. The molecule has 0 atom stereocenters. The van der Waals surface area contributed by atoms with Crippen LogP contribution in [0.4, 0.5) is 0 Å². The highest BCUT2D eigenvalue weighted by Gasteiger charge is 2.51. The van der Waals surface area contributed by atoms with Gasteiger partial charge in [-0.15, -0.1) is 5.10 Å². The monoisotopic (exact) mass is 316 g/mol. The van der Waals surface area contributed by atoms with Crippen molar-refractivity contribution in [2.24, 2.45) is 0 Å². The highest BCUT2D eigenvalue weighted by Crippen LogP contribution is 2.41. The summed E-state index contributed by atoms with van der Waals surface area (Å²) < 4.78 is 28.7. The maximum atomic E-state index is 12.2. The molecular formula is C11H16N4O3S2. The largest absolute Gasteiger partial charge is 0.337 e. The summed E-state index contributed by atoms with van der Waals surface area (Å²) in [5, 5.41) is 5.42. The molecule has 3 heterocycles. The average molecular weight is 316 g/mol. The van der Waals surface area contributed by atoms with Gasteiger partial charge in [0.25, 0.3) is 5.91 Å². The molecule has 0 unspecified atom stereocenters. The van der Waals surface area contributed by atoms with E-state index in [9.17, 15) is 13.2 Å². The molecule has 1 aromatic heterocycles.